The van der Waals surface area contributed by atoms with Crippen molar-refractivity contribution in [3.8, 4) is 0 Å². The van der Waals surface area contributed by atoms with Crippen molar-refractivity contribution in [2.75, 3.05) is 10.6 Å². The van der Waals surface area contributed by atoms with Gasteiger partial charge >= 0.3 is 5.97 Å². The van der Waals surface area contributed by atoms with Crippen molar-refractivity contribution in [1.29, 1.82) is 0 Å². The number of anilines is 2. The standard InChI is InChI=1S/C19H22N2O4/c1-10(2)17(22)20-13-5-7-14(8-6-13)21-18(23)15-11-3-4-12(9-11)16(15)19(24)25/h3-8,10-12,15-16H,9H2,1-2H3,(H,20,22)(H,21,23)(H,24,25)/t11-,12-,15+,16-/m0/s1. The van der Waals surface area contributed by atoms with Gasteiger partial charge in [0, 0.05) is 17.3 Å². The minimum absolute atomic E-state index is 0.00398. The van der Waals surface area contributed by atoms with E-state index in [0.717, 1.165) is 6.42 Å². The van der Waals surface area contributed by atoms with Crippen molar-refractivity contribution in [2.45, 2.75) is 20.3 Å². The fourth-order valence-electron chi connectivity index (χ4n) is 3.67. The molecule has 0 unspecified atom stereocenters. The van der Waals surface area contributed by atoms with Crippen LogP contribution in [-0.2, 0) is 14.4 Å². The summed E-state index contributed by atoms with van der Waals surface area (Å²) in [5, 5.41) is 15.0. The third-order valence-electron chi connectivity index (χ3n) is 4.99. The van der Waals surface area contributed by atoms with E-state index in [4.69, 9.17) is 0 Å². The molecule has 0 spiro atoms. The van der Waals surface area contributed by atoms with Gasteiger partial charge in [-0.25, -0.2) is 0 Å². The zero-order valence-electron chi connectivity index (χ0n) is 14.2. The monoisotopic (exact) mass is 342 g/mol. The Morgan fingerprint density at radius 3 is 2.00 bits per heavy atom. The van der Waals surface area contributed by atoms with Crippen molar-refractivity contribution >= 4 is 29.2 Å². The van der Waals surface area contributed by atoms with Gasteiger partial charge in [0.05, 0.1) is 11.8 Å². The van der Waals surface area contributed by atoms with Crippen molar-refractivity contribution in [1.82, 2.24) is 0 Å². The van der Waals surface area contributed by atoms with Crippen LogP contribution in [0.2, 0.25) is 0 Å². The molecule has 4 atom stereocenters. The predicted octanol–water partition coefficient (Wildman–Crippen LogP) is 2.74. The molecule has 1 fully saturated rings. The highest BCUT2D eigenvalue weighted by Gasteiger charge is 2.51. The molecule has 6 nitrogen and oxygen atoms in total. The number of hydrogen-bond donors (Lipinski definition) is 3. The maximum Gasteiger partial charge on any atom is 0.307 e. The fourth-order valence-corrected chi connectivity index (χ4v) is 3.67. The molecule has 3 rings (SSSR count). The lowest BCUT2D eigenvalue weighted by Crippen LogP contribution is -2.36. The van der Waals surface area contributed by atoms with Gasteiger partial charge in [-0.2, -0.15) is 0 Å². The number of aliphatic carboxylic acids is 1. The number of carbonyl (C=O) groups excluding carboxylic acids is 2. The van der Waals surface area contributed by atoms with E-state index < -0.39 is 17.8 Å². The van der Waals surface area contributed by atoms with Crippen LogP contribution in [0.4, 0.5) is 11.4 Å². The summed E-state index contributed by atoms with van der Waals surface area (Å²) >= 11 is 0. The molecule has 25 heavy (non-hydrogen) atoms. The first-order chi connectivity index (χ1) is 11.9. The number of benzene rings is 1. The lowest BCUT2D eigenvalue weighted by Gasteiger charge is -2.23. The van der Waals surface area contributed by atoms with Crippen molar-refractivity contribution in [2.24, 2.45) is 29.6 Å². The SMILES string of the molecule is CC(C)C(=O)Nc1ccc(NC(=O)[C@H]2[C@@H](C(=O)O)[C@H]3C=C[C@H]2C3)cc1. The summed E-state index contributed by atoms with van der Waals surface area (Å²) in [6.07, 6.45) is 4.60. The highest BCUT2D eigenvalue weighted by Crippen LogP contribution is 2.48. The predicted molar refractivity (Wildman–Crippen MR) is 93.9 cm³/mol. The van der Waals surface area contributed by atoms with Crippen LogP contribution in [0, 0.1) is 29.6 Å². The maximum atomic E-state index is 12.6. The quantitative estimate of drug-likeness (QED) is 0.717. The first-order valence-corrected chi connectivity index (χ1v) is 8.49. The number of amides is 2. The highest BCUT2D eigenvalue weighted by atomic mass is 16.4. The van der Waals surface area contributed by atoms with E-state index in [1.165, 1.54) is 0 Å². The second-order valence-electron chi connectivity index (χ2n) is 7.05. The normalized spacial score (nSPS) is 26.7. The largest absolute Gasteiger partial charge is 0.481 e. The zero-order chi connectivity index (χ0) is 18.1. The Labute approximate surface area is 146 Å². The summed E-state index contributed by atoms with van der Waals surface area (Å²) in [6, 6.07) is 6.83. The summed E-state index contributed by atoms with van der Waals surface area (Å²) < 4.78 is 0. The Morgan fingerprint density at radius 1 is 0.960 bits per heavy atom. The first kappa shape index (κ1) is 17.2. The van der Waals surface area contributed by atoms with Crippen molar-refractivity contribution in [3.05, 3.63) is 36.4 Å². The average Bonchev–Trinajstić information content (AvgIpc) is 3.17. The van der Waals surface area contributed by atoms with Gasteiger partial charge in [-0.3, -0.25) is 14.4 Å². The number of carbonyl (C=O) groups is 3. The smallest absolute Gasteiger partial charge is 0.307 e. The number of hydrogen-bond acceptors (Lipinski definition) is 3. The second kappa shape index (κ2) is 6.70. The number of fused-ring (bicyclic) bond motifs is 2. The van der Waals surface area contributed by atoms with Crippen LogP contribution in [0.25, 0.3) is 0 Å². The molecular formula is C19H22N2O4. The summed E-state index contributed by atoms with van der Waals surface area (Å²) in [6.45, 7) is 3.62. The molecule has 0 heterocycles. The topological polar surface area (TPSA) is 95.5 Å². The molecule has 0 aliphatic heterocycles. The van der Waals surface area contributed by atoms with E-state index in [0.29, 0.717) is 11.4 Å². The molecule has 3 N–H and O–H groups in total. The molecule has 0 aromatic heterocycles. The molecule has 1 aromatic rings. The van der Waals surface area contributed by atoms with Crippen LogP contribution < -0.4 is 10.6 Å². The molecule has 1 aromatic carbocycles. The third-order valence-corrected chi connectivity index (χ3v) is 4.99. The highest BCUT2D eigenvalue weighted by molar-refractivity contribution is 5.97. The maximum absolute atomic E-state index is 12.6. The van der Waals surface area contributed by atoms with Crippen molar-refractivity contribution in [3.63, 3.8) is 0 Å². The Kier molecular flexibility index (Phi) is 4.61. The molecule has 1 saturated carbocycles. The van der Waals surface area contributed by atoms with Gasteiger partial charge in [0.1, 0.15) is 0 Å². The Morgan fingerprint density at radius 2 is 1.48 bits per heavy atom. The zero-order valence-corrected chi connectivity index (χ0v) is 14.2. The molecule has 2 aliphatic rings. The summed E-state index contributed by atoms with van der Waals surface area (Å²) in [5.74, 6) is -2.60. The first-order valence-electron chi connectivity index (χ1n) is 8.49. The van der Waals surface area contributed by atoms with Gasteiger partial charge in [0.2, 0.25) is 11.8 Å². The van der Waals surface area contributed by atoms with Crippen LogP contribution in [-0.4, -0.2) is 22.9 Å². The van der Waals surface area contributed by atoms with Gasteiger partial charge in [-0.05, 0) is 42.5 Å². The molecule has 132 valence electrons. The van der Waals surface area contributed by atoms with Crippen LogP contribution in [0.5, 0.6) is 0 Å². The van der Waals surface area contributed by atoms with Crippen LogP contribution >= 0.6 is 0 Å². The molecule has 2 bridgehead atoms. The van der Waals surface area contributed by atoms with E-state index in [1.807, 2.05) is 26.0 Å². The summed E-state index contributed by atoms with van der Waals surface area (Å²) in [7, 11) is 0. The molecule has 0 radical (unpaired) electrons. The van der Waals surface area contributed by atoms with E-state index >= 15 is 0 Å². The molecule has 2 amide bonds. The lowest BCUT2D eigenvalue weighted by atomic mass is 9.82. The molecule has 6 heteroatoms. The molecular weight excluding hydrogens is 320 g/mol. The molecule has 2 aliphatic carbocycles. The van der Waals surface area contributed by atoms with Gasteiger partial charge in [-0.15, -0.1) is 0 Å². The molecule has 0 saturated heterocycles. The van der Waals surface area contributed by atoms with Crippen LogP contribution in [0.3, 0.4) is 0 Å². The summed E-state index contributed by atoms with van der Waals surface area (Å²) in [5.41, 5.74) is 1.24. The number of rotatable bonds is 5. The number of nitrogens with one attached hydrogen (secondary N) is 2. The van der Waals surface area contributed by atoms with Crippen molar-refractivity contribution < 1.29 is 19.5 Å². The van der Waals surface area contributed by atoms with Gasteiger partial charge in [0.15, 0.2) is 0 Å². The Balaban J connectivity index is 1.66. The number of carboxylic acid groups (broad SMARTS) is 1. The van der Waals surface area contributed by atoms with E-state index in [9.17, 15) is 19.5 Å². The van der Waals surface area contributed by atoms with Gasteiger partial charge in [0.25, 0.3) is 0 Å². The Hall–Kier alpha value is -2.63. The number of carboxylic acids is 1. The average molecular weight is 342 g/mol. The minimum atomic E-state index is -0.913. The van der Waals surface area contributed by atoms with E-state index in [2.05, 4.69) is 10.6 Å². The fraction of sp³-hybridized carbons (Fsp3) is 0.421. The number of allylic oxidation sites excluding steroid dienone is 2. The third kappa shape index (κ3) is 3.43. The Bertz CT molecular complexity index is 723. The van der Waals surface area contributed by atoms with Gasteiger partial charge < -0.3 is 15.7 Å². The van der Waals surface area contributed by atoms with Crippen LogP contribution in [0.1, 0.15) is 20.3 Å². The van der Waals surface area contributed by atoms with Gasteiger partial charge in [-0.1, -0.05) is 26.0 Å². The van der Waals surface area contributed by atoms with E-state index in [-0.39, 0.29) is 29.6 Å². The van der Waals surface area contributed by atoms with Crippen LogP contribution in [0.15, 0.2) is 36.4 Å². The summed E-state index contributed by atoms with van der Waals surface area (Å²) in [4.78, 5) is 35.8. The van der Waals surface area contributed by atoms with E-state index in [1.54, 1.807) is 24.3 Å². The lowest BCUT2D eigenvalue weighted by molar-refractivity contribution is -0.146. The minimum Gasteiger partial charge on any atom is -0.481 e. The second-order valence-corrected chi connectivity index (χ2v) is 7.05.